The molecule has 5 N–H and O–H groups in total. The Morgan fingerprint density at radius 3 is 1.16 bits per heavy atom. The molecule has 0 fully saturated rings. The molecular formula is C81H74F6N10O16S2. The number of carbonyl (C=O) groups excluding carboxylic acids is 3. The first-order valence-electron chi connectivity index (χ1n) is 35.0. The van der Waals surface area contributed by atoms with Gasteiger partial charge in [-0.2, -0.15) is 19.0 Å². The summed E-state index contributed by atoms with van der Waals surface area (Å²) >= 11 is 0. The fourth-order valence-electron chi connectivity index (χ4n) is 13.0. The van der Waals surface area contributed by atoms with E-state index in [4.69, 9.17) is 33.2 Å². The van der Waals surface area contributed by atoms with E-state index >= 15 is 17.6 Å². The molecular weight excluding hydrogens is 1550 g/mol. The number of nitrogens with zero attached hydrogens (tertiary/aromatic N) is 6. The zero-order valence-corrected chi connectivity index (χ0v) is 64.5. The number of nitrogens with one attached hydrogen (secondary N) is 4. The van der Waals surface area contributed by atoms with E-state index in [1.165, 1.54) is 112 Å². The first kappa shape index (κ1) is 83.0. The molecule has 26 nitrogen and oxygen atoms in total. The second kappa shape index (κ2) is 35.8. The van der Waals surface area contributed by atoms with Crippen LogP contribution < -0.4 is 39.0 Å². The molecule has 0 aliphatic heterocycles. The van der Waals surface area contributed by atoms with Crippen LogP contribution in [0.25, 0.3) is 66.3 Å². The molecule has 12 rings (SSSR count). The lowest BCUT2D eigenvalue weighted by Gasteiger charge is -2.20. The molecule has 2 unspecified atom stereocenters. The number of hydrogen-bond donors (Lipinski definition) is 5. The lowest BCUT2D eigenvalue weighted by Crippen LogP contribution is -2.43. The van der Waals surface area contributed by atoms with Crippen molar-refractivity contribution in [2.24, 2.45) is 14.1 Å². The number of rotatable bonds is 30. The van der Waals surface area contributed by atoms with Crippen LogP contribution in [-0.2, 0) is 84.0 Å². The van der Waals surface area contributed by atoms with Crippen LogP contribution in [0.2, 0.25) is 0 Å². The lowest BCUT2D eigenvalue weighted by atomic mass is 9.94. The maximum Gasteiger partial charge on any atom is 0.328 e. The predicted molar refractivity (Wildman–Crippen MR) is 412 cm³/mol. The van der Waals surface area contributed by atoms with Crippen molar-refractivity contribution in [1.29, 1.82) is 0 Å². The van der Waals surface area contributed by atoms with E-state index in [1.807, 2.05) is 38.1 Å². The molecule has 0 bridgehead atoms. The van der Waals surface area contributed by atoms with Gasteiger partial charge in [-0.25, -0.2) is 54.0 Å². The van der Waals surface area contributed by atoms with Crippen molar-refractivity contribution < 1.29 is 101 Å². The number of fused-ring (bicyclic) bond motifs is 2. The number of halogens is 6. The minimum Gasteiger partial charge on any atom is -0.496 e. The predicted octanol–water partition coefficient (Wildman–Crippen LogP) is 13.1. The average molecular weight is 1620 g/mol. The number of ether oxygens (including phenoxy) is 7. The van der Waals surface area contributed by atoms with E-state index in [1.54, 1.807) is 61.5 Å². The Balaban J connectivity index is 0.000000226. The molecule has 115 heavy (non-hydrogen) atoms. The van der Waals surface area contributed by atoms with E-state index in [0.29, 0.717) is 151 Å². The number of carbonyl (C=O) groups is 4. The first-order valence-corrected chi connectivity index (χ1v) is 37.9. The highest BCUT2D eigenvalue weighted by atomic mass is 32.2. The number of esters is 1. The highest BCUT2D eigenvalue weighted by Crippen LogP contribution is 2.46. The van der Waals surface area contributed by atoms with Crippen molar-refractivity contribution in [3.8, 4) is 67.5 Å². The molecule has 598 valence electrons. The van der Waals surface area contributed by atoms with Gasteiger partial charge in [0, 0.05) is 86.6 Å². The largest absolute Gasteiger partial charge is 0.496 e. The van der Waals surface area contributed by atoms with Gasteiger partial charge in [0.25, 0.3) is 31.9 Å². The van der Waals surface area contributed by atoms with E-state index in [2.05, 4.69) is 40.2 Å². The highest BCUT2D eigenvalue weighted by molar-refractivity contribution is 7.93. The average Bonchev–Trinajstić information content (AvgIpc) is 1.69. The zero-order valence-electron chi connectivity index (χ0n) is 62.9. The van der Waals surface area contributed by atoms with Crippen LogP contribution in [0, 0.1) is 35.2 Å². The summed E-state index contributed by atoms with van der Waals surface area (Å²) in [4.78, 5) is 58.7. The fraction of sp³-hybridized carbons (Fsp3) is 0.210. The Kier molecular flexibility index (Phi) is 25.9. The van der Waals surface area contributed by atoms with Crippen LogP contribution in [-0.4, -0.2) is 136 Å². The quantitative estimate of drug-likeness (QED) is 0.0159. The van der Waals surface area contributed by atoms with E-state index in [9.17, 15) is 49.9 Å². The summed E-state index contributed by atoms with van der Waals surface area (Å²) in [6.45, 7) is 5.49. The summed E-state index contributed by atoms with van der Waals surface area (Å²) in [5, 5.41) is 24.8. The molecule has 2 amide bonds. The SMILES string of the molecule is CCOCc1cc(OC)c(-c2ccc(CC(NC(=O)c3c(F)cc(NS(=O)(=O)c4ccc(-c5ccnc(F)c5)cc4)cc3F)C(=O)O)c3c2cnn3C)c(OC)c1.CCOCc1cc(OC)c(-c2ccc(CC(NC(=O)c3c(F)cc(NS(=O)(=O)c4ccc(-c5ccnc(F)c5)cc4)cc3F)C(=O)OC)c3c2cnn3C)c(OC)c1. The van der Waals surface area contributed by atoms with Gasteiger partial charge < -0.3 is 48.9 Å². The van der Waals surface area contributed by atoms with Gasteiger partial charge in [0.2, 0.25) is 11.9 Å². The Hall–Kier alpha value is -12.9. The Labute approximate surface area is 655 Å². The summed E-state index contributed by atoms with van der Waals surface area (Å²) in [6.07, 6.45) is 5.26. The van der Waals surface area contributed by atoms with Crippen molar-refractivity contribution in [1.82, 2.24) is 40.2 Å². The van der Waals surface area contributed by atoms with Crippen molar-refractivity contribution in [3.05, 3.63) is 239 Å². The third-order valence-corrected chi connectivity index (χ3v) is 21.1. The second-order valence-corrected chi connectivity index (χ2v) is 28.9. The summed E-state index contributed by atoms with van der Waals surface area (Å²) in [6, 6.07) is 29.7. The maximum absolute atomic E-state index is 15.5. The highest BCUT2D eigenvalue weighted by Gasteiger charge is 2.32. The summed E-state index contributed by atoms with van der Waals surface area (Å²) in [5.74, 6) is -10.2. The van der Waals surface area contributed by atoms with Gasteiger partial charge in [-0.05, 0) is 143 Å². The molecule has 4 aromatic heterocycles. The number of anilines is 2. The summed E-state index contributed by atoms with van der Waals surface area (Å²) in [5.41, 5.74) is 5.02. The molecule has 0 aliphatic carbocycles. The summed E-state index contributed by atoms with van der Waals surface area (Å²) in [7, 11) is 1.83. The number of hydrogen-bond acceptors (Lipinski definition) is 19. The number of carboxylic acids is 1. The molecule has 2 atom stereocenters. The van der Waals surface area contributed by atoms with Crippen LogP contribution in [0.15, 0.2) is 180 Å². The Morgan fingerprint density at radius 2 is 0.826 bits per heavy atom. The van der Waals surface area contributed by atoms with Crippen LogP contribution in [0.4, 0.5) is 37.7 Å². The van der Waals surface area contributed by atoms with E-state index in [0.717, 1.165) is 18.2 Å². The fourth-order valence-corrected chi connectivity index (χ4v) is 15.0. The molecule has 0 saturated heterocycles. The topological polar surface area (TPSA) is 331 Å². The van der Waals surface area contributed by atoms with Gasteiger partial charge in [-0.3, -0.25) is 28.4 Å². The minimum atomic E-state index is -4.38. The lowest BCUT2D eigenvalue weighted by molar-refractivity contribution is -0.143. The number of methoxy groups -OCH3 is 5. The maximum atomic E-state index is 15.5. The number of aromatic nitrogens is 6. The number of aliphatic carboxylic acids is 1. The van der Waals surface area contributed by atoms with E-state index in [-0.39, 0.29) is 22.6 Å². The van der Waals surface area contributed by atoms with Crippen molar-refractivity contribution in [3.63, 3.8) is 0 Å². The van der Waals surface area contributed by atoms with Gasteiger partial charge in [0.05, 0.1) is 104 Å². The molecule has 0 aliphatic rings. The smallest absolute Gasteiger partial charge is 0.328 e. The third kappa shape index (κ3) is 18.6. The minimum absolute atomic E-state index is 0.174. The standard InChI is InChI=1S/C41H38F3N5O8S.C40H36F3N5O8S/c1-6-57-22-23-15-34(54-3)37(35(16-23)55-4)29-12-9-26(39-30(29)21-46-49(39)2)17-33(41(51)56-5)47-40(50)38-31(42)19-27(20-32(38)43)48-58(52,53)28-10-7-24(8-11-28)25-13-14-45-36(44)18-25;1-5-56-21-22-14-33(54-3)36(34(15-22)55-4)28-11-8-25(38-29(28)20-45-48(38)2)16-32(40(50)51)46-39(49)37-30(41)18-26(19-31(37)42)47-57(52,53)27-9-6-23(7-10-27)24-12-13-44-35(43)17-24/h7-16,18-21,33,48H,6,17,22H2,1-5H3,(H,47,50);6-15,17-20,32,47H,5,16,21H2,1-4H3,(H,46,49)(H,50,51). The number of carboxylic acid groups (broad SMARTS) is 1. The number of aryl methyl sites for hydroxylation is 2. The van der Waals surface area contributed by atoms with Crippen molar-refractivity contribution >= 4 is 77.0 Å². The number of amides is 2. The van der Waals surface area contributed by atoms with Gasteiger partial charge in [-0.1, -0.05) is 48.5 Å². The van der Waals surface area contributed by atoms with Gasteiger partial charge in [0.15, 0.2) is 0 Å². The van der Waals surface area contributed by atoms with Crippen LogP contribution >= 0.6 is 0 Å². The van der Waals surface area contributed by atoms with Crippen LogP contribution in [0.5, 0.6) is 23.0 Å². The van der Waals surface area contributed by atoms with Gasteiger partial charge in [0.1, 0.15) is 69.5 Å². The Morgan fingerprint density at radius 1 is 0.470 bits per heavy atom. The van der Waals surface area contributed by atoms with Gasteiger partial charge >= 0.3 is 11.9 Å². The number of pyridine rings is 2. The number of benzene rings is 8. The molecule has 0 radical (unpaired) electrons. The molecule has 8 aromatic carbocycles. The molecule has 12 aromatic rings. The first-order chi connectivity index (χ1) is 55.0. The Bertz CT molecular complexity index is 5840. The molecule has 0 spiro atoms. The van der Waals surface area contributed by atoms with Crippen LogP contribution in [0.1, 0.15) is 56.8 Å². The normalized spacial score (nSPS) is 12.0. The monoisotopic (exact) mass is 1620 g/mol. The molecule has 0 saturated carbocycles. The van der Waals surface area contributed by atoms with Crippen molar-refractivity contribution in [2.45, 2.75) is 61.8 Å². The molecule has 34 heteroatoms. The van der Waals surface area contributed by atoms with Crippen molar-refractivity contribution in [2.75, 3.05) is 58.2 Å². The molecule has 4 heterocycles. The van der Waals surface area contributed by atoms with Crippen LogP contribution in [0.3, 0.4) is 0 Å². The van der Waals surface area contributed by atoms with E-state index < -0.39 is 114 Å². The van der Waals surface area contributed by atoms with Gasteiger partial charge in [-0.15, -0.1) is 0 Å². The third-order valence-electron chi connectivity index (χ3n) is 18.3. The zero-order chi connectivity index (χ0) is 82.7. The summed E-state index contributed by atoms with van der Waals surface area (Å²) < 4.78 is 187. The number of sulfonamides is 2. The second-order valence-electron chi connectivity index (χ2n) is 25.6.